The third kappa shape index (κ3) is 2.39. The zero-order valence-corrected chi connectivity index (χ0v) is 10.6. The molecule has 0 saturated carbocycles. The monoisotopic (exact) mass is 248 g/mol. The van der Waals surface area contributed by atoms with Crippen LogP contribution in [-0.2, 0) is 11.8 Å². The lowest BCUT2D eigenvalue weighted by Crippen LogP contribution is -2.36. The van der Waals surface area contributed by atoms with Crippen LogP contribution >= 0.6 is 0 Å². The van der Waals surface area contributed by atoms with Crippen molar-refractivity contribution in [1.82, 2.24) is 19.7 Å². The second kappa shape index (κ2) is 4.25. The molecule has 1 amide bonds. The Morgan fingerprint density at radius 3 is 2.89 bits per heavy atom. The number of aryl methyl sites for hydroxylation is 1. The van der Waals surface area contributed by atoms with Crippen molar-refractivity contribution in [2.75, 3.05) is 5.32 Å². The van der Waals surface area contributed by atoms with Crippen LogP contribution in [0.5, 0.6) is 0 Å². The number of hydrogen-bond donors (Lipinski definition) is 2. The van der Waals surface area contributed by atoms with Crippen molar-refractivity contribution in [3.63, 3.8) is 0 Å². The van der Waals surface area contributed by atoms with Gasteiger partial charge in [-0.05, 0) is 13.8 Å². The molecule has 0 aliphatic rings. The Morgan fingerprint density at radius 2 is 2.22 bits per heavy atom. The van der Waals surface area contributed by atoms with Gasteiger partial charge in [0.1, 0.15) is 12.1 Å². The van der Waals surface area contributed by atoms with E-state index in [2.05, 4.69) is 20.4 Å². The van der Waals surface area contributed by atoms with Crippen molar-refractivity contribution in [2.24, 2.45) is 12.8 Å². The topological polar surface area (TPSA) is 98.7 Å². The number of nitrogens with one attached hydrogen (secondary N) is 1. The Labute approximate surface area is 104 Å². The molecule has 7 nitrogen and oxygen atoms in total. The molecule has 0 fully saturated rings. The second-order valence-corrected chi connectivity index (χ2v) is 4.88. The highest BCUT2D eigenvalue weighted by Gasteiger charge is 2.22. The molecule has 0 aromatic carbocycles. The Bertz CT molecular complexity index is 588. The first kappa shape index (κ1) is 12.3. The van der Waals surface area contributed by atoms with Gasteiger partial charge >= 0.3 is 0 Å². The number of carbonyl (C=O) groups excluding carboxylic acids is 1. The minimum atomic E-state index is -0.469. The number of aromatic nitrogens is 4. The summed E-state index contributed by atoms with van der Waals surface area (Å²) in [6, 6.07) is 0. The number of amides is 1. The van der Waals surface area contributed by atoms with E-state index in [1.807, 2.05) is 20.9 Å². The third-order valence-corrected chi connectivity index (χ3v) is 2.60. The zero-order valence-electron chi connectivity index (χ0n) is 10.6. The molecule has 3 N–H and O–H groups in total. The number of nitrogens with zero attached hydrogens (tertiary/aromatic N) is 4. The zero-order chi connectivity index (χ0) is 13.3. The lowest BCUT2D eigenvalue weighted by Gasteiger charge is -2.25. The van der Waals surface area contributed by atoms with Crippen LogP contribution in [0.3, 0.4) is 0 Å². The summed E-state index contributed by atoms with van der Waals surface area (Å²) in [5.74, 6) is 0.295. The molecule has 0 radical (unpaired) electrons. The number of anilines is 1. The Hall–Kier alpha value is -2.18. The highest BCUT2D eigenvalue weighted by molar-refractivity contribution is 5.86. The van der Waals surface area contributed by atoms with Crippen LogP contribution in [0.2, 0.25) is 0 Å². The quantitative estimate of drug-likeness (QED) is 0.817. The highest BCUT2D eigenvalue weighted by Crippen LogP contribution is 2.22. The van der Waals surface area contributed by atoms with Gasteiger partial charge in [0, 0.05) is 19.0 Å². The smallest absolute Gasteiger partial charge is 0.219 e. The summed E-state index contributed by atoms with van der Waals surface area (Å²) in [6.07, 6.45) is 3.38. The average molecular weight is 248 g/mol. The standard InChI is InChI=1S/C11H16N6O/c1-11(2,4-8(12)18)16-9-7-5-15-17(3)10(7)14-6-13-9/h5-6H,4H2,1-3H3,(H2,12,18)(H,13,14,16). The fourth-order valence-corrected chi connectivity index (χ4v) is 1.86. The van der Waals surface area contributed by atoms with Crippen LogP contribution in [0.15, 0.2) is 12.5 Å². The van der Waals surface area contributed by atoms with Crippen molar-refractivity contribution >= 4 is 22.8 Å². The predicted octanol–water partition coefficient (Wildman–Crippen LogP) is 0.429. The molecule has 0 spiro atoms. The molecule has 2 heterocycles. The van der Waals surface area contributed by atoms with Crippen LogP contribution in [-0.4, -0.2) is 31.2 Å². The Kier molecular flexibility index (Phi) is 2.90. The van der Waals surface area contributed by atoms with Crippen LogP contribution < -0.4 is 11.1 Å². The summed E-state index contributed by atoms with van der Waals surface area (Å²) in [6.45, 7) is 3.78. The predicted molar refractivity (Wildman–Crippen MR) is 67.8 cm³/mol. The second-order valence-electron chi connectivity index (χ2n) is 4.88. The van der Waals surface area contributed by atoms with E-state index in [0.29, 0.717) is 5.82 Å². The van der Waals surface area contributed by atoms with Crippen molar-refractivity contribution in [3.05, 3.63) is 12.5 Å². The van der Waals surface area contributed by atoms with Crippen LogP contribution in [0.1, 0.15) is 20.3 Å². The number of nitrogens with two attached hydrogens (primary N) is 1. The van der Waals surface area contributed by atoms with E-state index in [0.717, 1.165) is 11.0 Å². The normalized spacial score (nSPS) is 11.7. The maximum atomic E-state index is 11.0. The molecule has 0 aliphatic carbocycles. The van der Waals surface area contributed by atoms with Crippen LogP contribution in [0, 0.1) is 0 Å². The van der Waals surface area contributed by atoms with Gasteiger partial charge in [-0.2, -0.15) is 5.10 Å². The molecule has 2 aromatic heterocycles. The average Bonchev–Trinajstić information content (AvgIpc) is 2.59. The van der Waals surface area contributed by atoms with Gasteiger partial charge in [-0.3, -0.25) is 9.48 Å². The molecule has 0 unspecified atom stereocenters. The Balaban J connectivity index is 2.34. The van der Waals surface area contributed by atoms with Crippen molar-refractivity contribution in [1.29, 1.82) is 0 Å². The molecule has 0 atom stereocenters. The molecule has 7 heteroatoms. The number of primary amides is 1. The summed E-state index contributed by atoms with van der Waals surface area (Å²) in [4.78, 5) is 19.3. The summed E-state index contributed by atoms with van der Waals surface area (Å²) >= 11 is 0. The molecular formula is C11H16N6O. The largest absolute Gasteiger partial charge is 0.370 e. The first-order chi connectivity index (χ1) is 8.39. The first-order valence-corrected chi connectivity index (χ1v) is 5.58. The van der Waals surface area contributed by atoms with E-state index in [4.69, 9.17) is 5.73 Å². The van der Waals surface area contributed by atoms with Crippen LogP contribution in [0.25, 0.3) is 11.0 Å². The number of fused-ring (bicyclic) bond motifs is 1. The summed E-state index contributed by atoms with van der Waals surface area (Å²) in [5, 5.41) is 8.15. The van der Waals surface area contributed by atoms with Crippen molar-refractivity contribution < 1.29 is 4.79 Å². The van der Waals surface area contributed by atoms with Crippen molar-refractivity contribution in [2.45, 2.75) is 25.8 Å². The lowest BCUT2D eigenvalue weighted by molar-refractivity contribution is -0.118. The number of hydrogen-bond acceptors (Lipinski definition) is 5. The minimum absolute atomic E-state index is 0.221. The van der Waals surface area contributed by atoms with E-state index in [-0.39, 0.29) is 12.3 Å². The summed E-state index contributed by atoms with van der Waals surface area (Å²) in [5.41, 5.74) is 5.49. The SMILES string of the molecule is Cn1ncc2c(NC(C)(C)CC(N)=O)ncnc21. The lowest BCUT2D eigenvalue weighted by atomic mass is 10.0. The van der Waals surface area contributed by atoms with Gasteiger partial charge in [0.2, 0.25) is 5.91 Å². The fraction of sp³-hybridized carbons (Fsp3) is 0.455. The molecule has 2 rings (SSSR count). The molecule has 2 aromatic rings. The summed E-state index contributed by atoms with van der Waals surface area (Å²) in [7, 11) is 1.81. The minimum Gasteiger partial charge on any atom is -0.370 e. The van der Waals surface area contributed by atoms with Gasteiger partial charge in [0.15, 0.2) is 5.65 Å². The fourth-order valence-electron chi connectivity index (χ4n) is 1.86. The third-order valence-electron chi connectivity index (χ3n) is 2.60. The van der Waals surface area contributed by atoms with Gasteiger partial charge in [-0.15, -0.1) is 0 Å². The van der Waals surface area contributed by atoms with E-state index in [1.165, 1.54) is 6.33 Å². The van der Waals surface area contributed by atoms with E-state index < -0.39 is 5.54 Å². The van der Waals surface area contributed by atoms with Gasteiger partial charge in [-0.25, -0.2) is 9.97 Å². The number of rotatable bonds is 4. The van der Waals surface area contributed by atoms with E-state index in [9.17, 15) is 4.79 Å². The molecule has 0 bridgehead atoms. The maximum absolute atomic E-state index is 11.0. The van der Waals surface area contributed by atoms with Crippen LogP contribution in [0.4, 0.5) is 5.82 Å². The molecule has 0 aliphatic heterocycles. The molecule has 18 heavy (non-hydrogen) atoms. The highest BCUT2D eigenvalue weighted by atomic mass is 16.1. The molecular weight excluding hydrogens is 232 g/mol. The van der Waals surface area contributed by atoms with Gasteiger partial charge < -0.3 is 11.1 Å². The first-order valence-electron chi connectivity index (χ1n) is 5.58. The molecule has 96 valence electrons. The van der Waals surface area contributed by atoms with E-state index >= 15 is 0 Å². The molecule has 0 saturated heterocycles. The van der Waals surface area contributed by atoms with Gasteiger partial charge in [-0.1, -0.05) is 0 Å². The van der Waals surface area contributed by atoms with Gasteiger partial charge in [0.05, 0.1) is 11.6 Å². The van der Waals surface area contributed by atoms with Crippen molar-refractivity contribution in [3.8, 4) is 0 Å². The number of carbonyl (C=O) groups is 1. The Morgan fingerprint density at radius 1 is 1.50 bits per heavy atom. The van der Waals surface area contributed by atoms with Gasteiger partial charge in [0.25, 0.3) is 0 Å². The summed E-state index contributed by atoms with van der Waals surface area (Å²) < 4.78 is 1.67. The maximum Gasteiger partial charge on any atom is 0.219 e. The van der Waals surface area contributed by atoms with E-state index in [1.54, 1.807) is 10.9 Å².